The number of pyridine rings is 1. The molecule has 2 N–H and O–H groups in total. The second kappa shape index (κ2) is 9.69. The van der Waals surface area contributed by atoms with Gasteiger partial charge in [0.1, 0.15) is 0 Å². The minimum Gasteiger partial charge on any atom is -0.490 e. The van der Waals surface area contributed by atoms with Gasteiger partial charge in [-0.25, -0.2) is 0 Å². The van der Waals surface area contributed by atoms with Crippen LogP contribution in [0.15, 0.2) is 41.1 Å². The maximum absolute atomic E-state index is 9.38. The highest BCUT2D eigenvalue weighted by Gasteiger charge is 2.17. The smallest absolute Gasteiger partial charge is 0.258 e. The number of hydrogen-bond donors (Lipinski definition) is 2. The third-order valence-electron chi connectivity index (χ3n) is 4.43. The van der Waals surface area contributed by atoms with Gasteiger partial charge in [0.25, 0.3) is 5.89 Å². The van der Waals surface area contributed by atoms with Crippen molar-refractivity contribution in [1.82, 2.24) is 20.4 Å². The summed E-state index contributed by atoms with van der Waals surface area (Å²) >= 11 is 0. The van der Waals surface area contributed by atoms with E-state index in [9.17, 15) is 5.11 Å². The summed E-state index contributed by atoms with van der Waals surface area (Å²) in [6.07, 6.45) is 1.71. The lowest BCUT2D eigenvalue weighted by Gasteiger charge is -2.23. The van der Waals surface area contributed by atoms with Crippen LogP contribution in [0.1, 0.15) is 33.4 Å². The Morgan fingerprint density at radius 2 is 1.80 bits per heavy atom. The fraction of sp³-hybridized carbons (Fsp3) is 0.409. The van der Waals surface area contributed by atoms with E-state index in [1.807, 2.05) is 58.0 Å². The highest BCUT2D eigenvalue weighted by molar-refractivity contribution is 5.63. The minimum absolute atomic E-state index is 0.0344. The van der Waals surface area contributed by atoms with Crippen LogP contribution in [0.2, 0.25) is 0 Å². The molecule has 0 aliphatic heterocycles. The molecular formula is C22H28N4O4. The molecule has 0 unspecified atom stereocenters. The normalized spacial score (nSPS) is 11.5. The summed E-state index contributed by atoms with van der Waals surface area (Å²) in [5.74, 6) is 2.19. The van der Waals surface area contributed by atoms with E-state index in [1.165, 1.54) is 0 Å². The highest BCUT2D eigenvalue weighted by Crippen LogP contribution is 2.33. The lowest BCUT2D eigenvalue weighted by atomic mass is 10.1. The maximum atomic E-state index is 9.38. The van der Waals surface area contributed by atoms with Gasteiger partial charge in [-0.15, -0.1) is 0 Å². The molecule has 8 heteroatoms. The summed E-state index contributed by atoms with van der Waals surface area (Å²) in [7, 11) is 0. The van der Waals surface area contributed by atoms with Crippen LogP contribution < -0.4 is 14.8 Å². The minimum atomic E-state index is -0.386. The number of hydrogen-bond acceptors (Lipinski definition) is 8. The zero-order valence-electron chi connectivity index (χ0n) is 17.8. The number of benzene rings is 1. The van der Waals surface area contributed by atoms with Gasteiger partial charge < -0.3 is 24.4 Å². The van der Waals surface area contributed by atoms with Crippen LogP contribution in [0.4, 0.5) is 0 Å². The molecule has 2 aromatic heterocycles. The number of aliphatic hydroxyl groups is 1. The number of aromatic nitrogens is 3. The molecule has 30 heavy (non-hydrogen) atoms. The third kappa shape index (κ3) is 5.34. The molecule has 0 radical (unpaired) electrons. The average molecular weight is 412 g/mol. The highest BCUT2D eigenvalue weighted by atomic mass is 16.5. The molecule has 0 atom stereocenters. The van der Waals surface area contributed by atoms with Crippen molar-refractivity contribution in [3.63, 3.8) is 0 Å². The van der Waals surface area contributed by atoms with Gasteiger partial charge in [-0.1, -0.05) is 5.16 Å². The number of aliphatic hydroxyl groups excluding tert-OH is 1. The topological polar surface area (TPSA) is 103 Å². The zero-order chi connectivity index (χ0) is 21.6. The Balaban J connectivity index is 1.81. The number of nitrogens with zero attached hydrogens (tertiary/aromatic N) is 3. The van der Waals surface area contributed by atoms with Crippen molar-refractivity contribution in [3.8, 4) is 34.3 Å². The molecule has 8 nitrogen and oxygen atoms in total. The maximum Gasteiger partial charge on any atom is 0.258 e. The number of nitrogens with one attached hydrogen (secondary N) is 1. The van der Waals surface area contributed by atoms with Crippen LogP contribution >= 0.6 is 0 Å². The molecule has 3 rings (SSSR count). The van der Waals surface area contributed by atoms with Gasteiger partial charge in [-0.3, -0.25) is 4.98 Å². The molecule has 0 aliphatic carbocycles. The van der Waals surface area contributed by atoms with Crippen molar-refractivity contribution in [2.24, 2.45) is 0 Å². The van der Waals surface area contributed by atoms with E-state index >= 15 is 0 Å². The van der Waals surface area contributed by atoms with Gasteiger partial charge in [0.15, 0.2) is 11.5 Å². The predicted molar refractivity (Wildman–Crippen MR) is 113 cm³/mol. The second-order valence-corrected chi connectivity index (χ2v) is 7.38. The number of ether oxygens (including phenoxy) is 2. The first-order valence-corrected chi connectivity index (χ1v) is 10.0. The molecule has 2 heterocycles. The molecule has 0 spiro atoms. The molecule has 0 saturated heterocycles. The largest absolute Gasteiger partial charge is 0.490 e. The first-order valence-electron chi connectivity index (χ1n) is 10.0. The molecule has 0 bridgehead atoms. The SMILES string of the molecule is CCOc1ccc(-c2nc(-c3ccnc(CNC(C)(C)CO)c3)no2)cc1OCC. The van der Waals surface area contributed by atoms with E-state index in [4.69, 9.17) is 14.0 Å². The first-order chi connectivity index (χ1) is 14.5. The third-order valence-corrected chi connectivity index (χ3v) is 4.43. The Bertz CT molecular complexity index is 971. The fourth-order valence-electron chi connectivity index (χ4n) is 2.74. The van der Waals surface area contributed by atoms with Crippen LogP contribution in [0, 0.1) is 0 Å². The van der Waals surface area contributed by atoms with Crippen molar-refractivity contribution >= 4 is 0 Å². The van der Waals surface area contributed by atoms with Gasteiger partial charge in [0, 0.05) is 29.4 Å². The summed E-state index contributed by atoms with van der Waals surface area (Å²) < 4.78 is 16.8. The van der Waals surface area contributed by atoms with Crippen LogP contribution in [0.5, 0.6) is 11.5 Å². The van der Waals surface area contributed by atoms with Crippen molar-refractivity contribution in [2.45, 2.75) is 39.8 Å². The molecule has 0 saturated carbocycles. The van der Waals surface area contributed by atoms with Crippen molar-refractivity contribution in [3.05, 3.63) is 42.2 Å². The fourth-order valence-corrected chi connectivity index (χ4v) is 2.74. The van der Waals surface area contributed by atoms with E-state index in [-0.39, 0.29) is 12.1 Å². The second-order valence-electron chi connectivity index (χ2n) is 7.38. The molecular weight excluding hydrogens is 384 g/mol. The van der Waals surface area contributed by atoms with Gasteiger partial charge in [-0.05, 0) is 58.0 Å². The van der Waals surface area contributed by atoms with E-state index in [0.717, 1.165) is 16.8 Å². The summed E-state index contributed by atoms with van der Waals surface area (Å²) in [6, 6.07) is 9.28. The molecule has 1 aromatic carbocycles. The quantitative estimate of drug-likeness (QED) is 0.522. The van der Waals surface area contributed by atoms with Gasteiger partial charge in [0.2, 0.25) is 5.82 Å². The molecule has 0 fully saturated rings. The zero-order valence-corrected chi connectivity index (χ0v) is 17.8. The lowest BCUT2D eigenvalue weighted by molar-refractivity contribution is 0.187. The van der Waals surface area contributed by atoms with Gasteiger partial charge in [-0.2, -0.15) is 4.98 Å². The predicted octanol–water partition coefficient (Wildman–Crippen LogP) is 3.46. The summed E-state index contributed by atoms with van der Waals surface area (Å²) in [5, 5.41) is 16.8. The Hall–Kier alpha value is -2.97. The Labute approximate surface area is 176 Å². The summed E-state index contributed by atoms with van der Waals surface area (Å²) in [6.45, 7) is 9.33. The Kier molecular flexibility index (Phi) is 7.02. The van der Waals surface area contributed by atoms with Crippen LogP contribution in [-0.2, 0) is 6.54 Å². The van der Waals surface area contributed by atoms with E-state index < -0.39 is 0 Å². The standard InChI is InChI=1S/C22H28N4O4/c1-5-28-18-8-7-16(12-19(18)29-6-2)21-25-20(26-30-21)15-9-10-23-17(11-15)13-24-22(3,4)14-27/h7-12,24,27H,5-6,13-14H2,1-4H3. The van der Waals surface area contributed by atoms with Crippen LogP contribution in [-0.4, -0.2) is 45.6 Å². The van der Waals surface area contributed by atoms with Gasteiger partial charge >= 0.3 is 0 Å². The summed E-state index contributed by atoms with van der Waals surface area (Å²) in [4.78, 5) is 8.90. The van der Waals surface area contributed by atoms with Crippen LogP contribution in [0.3, 0.4) is 0 Å². The van der Waals surface area contributed by atoms with Crippen molar-refractivity contribution in [1.29, 1.82) is 0 Å². The molecule has 3 aromatic rings. The van der Waals surface area contributed by atoms with Crippen molar-refractivity contribution in [2.75, 3.05) is 19.8 Å². The van der Waals surface area contributed by atoms with E-state index in [1.54, 1.807) is 6.20 Å². The van der Waals surface area contributed by atoms with E-state index in [2.05, 4.69) is 20.4 Å². The van der Waals surface area contributed by atoms with E-state index in [0.29, 0.717) is 43.0 Å². The Morgan fingerprint density at radius 1 is 1.03 bits per heavy atom. The Morgan fingerprint density at radius 3 is 2.53 bits per heavy atom. The van der Waals surface area contributed by atoms with Crippen LogP contribution in [0.25, 0.3) is 22.8 Å². The lowest BCUT2D eigenvalue weighted by Crippen LogP contribution is -2.42. The average Bonchev–Trinajstić information content (AvgIpc) is 3.25. The number of rotatable bonds is 10. The molecule has 160 valence electrons. The van der Waals surface area contributed by atoms with Gasteiger partial charge in [0.05, 0.1) is 25.5 Å². The first kappa shape index (κ1) is 21.7. The van der Waals surface area contributed by atoms with Crippen molar-refractivity contribution < 1.29 is 19.1 Å². The summed E-state index contributed by atoms with van der Waals surface area (Å²) in [5.41, 5.74) is 1.99. The monoisotopic (exact) mass is 412 g/mol. The molecule has 0 amide bonds. The molecule has 0 aliphatic rings.